The fraction of sp³-hybridized carbons (Fsp3) is 0.0909. The van der Waals surface area contributed by atoms with Crippen LogP contribution in [0.15, 0.2) is 41.5 Å². The van der Waals surface area contributed by atoms with Gasteiger partial charge >= 0.3 is 11.7 Å². The minimum absolute atomic E-state index is 0.295. The predicted molar refractivity (Wildman–Crippen MR) is 57.7 cm³/mol. The highest BCUT2D eigenvalue weighted by Gasteiger charge is 2.13. The third-order valence-corrected chi connectivity index (χ3v) is 2.22. The van der Waals surface area contributed by atoms with Crippen LogP contribution in [0, 0.1) is 0 Å². The van der Waals surface area contributed by atoms with Crippen LogP contribution in [-0.4, -0.2) is 22.6 Å². The lowest BCUT2D eigenvalue weighted by molar-refractivity contribution is 0.0600. The molecule has 2 rings (SSSR count). The van der Waals surface area contributed by atoms with Crippen LogP contribution in [0.25, 0.3) is 5.69 Å². The number of rotatable bonds is 2. The number of para-hydroxylation sites is 1. The first kappa shape index (κ1) is 10.2. The topological polar surface area (TPSA) is 64.1 Å². The van der Waals surface area contributed by atoms with E-state index in [1.165, 1.54) is 17.9 Å². The van der Waals surface area contributed by atoms with Gasteiger partial charge in [-0.15, -0.1) is 0 Å². The van der Waals surface area contributed by atoms with E-state index in [2.05, 4.69) is 9.72 Å². The smallest absolute Gasteiger partial charge is 0.339 e. The zero-order valence-electron chi connectivity index (χ0n) is 8.64. The number of hydrogen-bond acceptors (Lipinski definition) is 3. The molecular formula is C11H10N2O3. The monoisotopic (exact) mass is 218 g/mol. The van der Waals surface area contributed by atoms with Crippen LogP contribution in [0.3, 0.4) is 0 Å². The molecule has 0 unspecified atom stereocenters. The molecule has 16 heavy (non-hydrogen) atoms. The van der Waals surface area contributed by atoms with Gasteiger partial charge in [-0.2, -0.15) is 0 Å². The molecule has 1 heterocycles. The number of carbonyl (C=O) groups excluding carboxylic acids is 1. The summed E-state index contributed by atoms with van der Waals surface area (Å²) in [5.74, 6) is -0.469. The number of aromatic amines is 1. The number of aromatic nitrogens is 2. The van der Waals surface area contributed by atoms with E-state index in [4.69, 9.17) is 0 Å². The quantitative estimate of drug-likeness (QED) is 0.763. The van der Waals surface area contributed by atoms with E-state index < -0.39 is 5.97 Å². The first-order chi connectivity index (χ1) is 7.74. The molecule has 1 aromatic heterocycles. The van der Waals surface area contributed by atoms with Gasteiger partial charge in [0, 0.05) is 12.4 Å². The molecule has 0 fully saturated rings. The molecule has 0 radical (unpaired) electrons. The van der Waals surface area contributed by atoms with Crippen LogP contribution in [0.2, 0.25) is 0 Å². The number of esters is 1. The number of H-pyrrole nitrogens is 1. The Balaban J connectivity index is 2.62. The highest BCUT2D eigenvalue weighted by molar-refractivity contribution is 5.93. The van der Waals surface area contributed by atoms with Crippen LogP contribution in [0.1, 0.15) is 10.4 Å². The van der Waals surface area contributed by atoms with Gasteiger partial charge in [-0.25, -0.2) is 9.59 Å². The van der Waals surface area contributed by atoms with Crippen molar-refractivity contribution in [3.05, 3.63) is 52.7 Å². The summed E-state index contributed by atoms with van der Waals surface area (Å²) >= 11 is 0. The molecule has 0 aliphatic rings. The predicted octanol–water partition coefficient (Wildman–Crippen LogP) is 0.952. The zero-order valence-corrected chi connectivity index (χ0v) is 8.64. The minimum atomic E-state index is -0.469. The van der Waals surface area contributed by atoms with Gasteiger partial charge in [0.1, 0.15) is 0 Å². The molecule has 1 N–H and O–H groups in total. The number of methoxy groups -OCH3 is 1. The van der Waals surface area contributed by atoms with E-state index in [0.29, 0.717) is 11.3 Å². The van der Waals surface area contributed by atoms with Crippen LogP contribution in [-0.2, 0) is 4.74 Å². The lowest BCUT2D eigenvalue weighted by atomic mass is 10.2. The molecule has 0 saturated carbocycles. The van der Waals surface area contributed by atoms with Crippen molar-refractivity contribution in [2.24, 2.45) is 0 Å². The summed E-state index contributed by atoms with van der Waals surface area (Å²) in [5.41, 5.74) is 0.559. The maximum absolute atomic E-state index is 11.5. The molecule has 0 saturated heterocycles. The van der Waals surface area contributed by atoms with E-state index >= 15 is 0 Å². The lowest BCUT2D eigenvalue weighted by Crippen LogP contribution is -2.17. The summed E-state index contributed by atoms with van der Waals surface area (Å²) in [6, 6.07) is 6.76. The van der Waals surface area contributed by atoms with Crippen LogP contribution >= 0.6 is 0 Å². The van der Waals surface area contributed by atoms with Crippen molar-refractivity contribution in [2.75, 3.05) is 7.11 Å². The Hall–Kier alpha value is -2.30. The second-order valence-corrected chi connectivity index (χ2v) is 3.14. The van der Waals surface area contributed by atoms with Crippen molar-refractivity contribution in [1.29, 1.82) is 0 Å². The summed E-state index contributed by atoms with van der Waals surface area (Å²) < 4.78 is 6.00. The Morgan fingerprint density at radius 2 is 2.12 bits per heavy atom. The van der Waals surface area contributed by atoms with Gasteiger partial charge in [0.2, 0.25) is 0 Å². The maximum atomic E-state index is 11.5. The van der Waals surface area contributed by atoms with E-state index in [9.17, 15) is 9.59 Å². The average molecular weight is 218 g/mol. The minimum Gasteiger partial charge on any atom is -0.465 e. The number of carbonyl (C=O) groups is 1. The van der Waals surface area contributed by atoms with E-state index in [0.717, 1.165) is 0 Å². The first-order valence-corrected chi connectivity index (χ1v) is 4.68. The Morgan fingerprint density at radius 3 is 2.75 bits per heavy atom. The summed E-state index contributed by atoms with van der Waals surface area (Å²) in [4.78, 5) is 25.4. The van der Waals surface area contributed by atoms with E-state index in [-0.39, 0.29) is 5.69 Å². The van der Waals surface area contributed by atoms with Gasteiger partial charge in [-0.05, 0) is 12.1 Å². The van der Waals surface area contributed by atoms with Gasteiger partial charge in [0.25, 0.3) is 0 Å². The highest BCUT2D eigenvalue weighted by Crippen LogP contribution is 2.13. The zero-order chi connectivity index (χ0) is 11.5. The molecule has 5 heteroatoms. The summed E-state index contributed by atoms with van der Waals surface area (Å²) in [6.45, 7) is 0. The molecule has 5 nitrogen and oxygen atoms in total. The van der Waals surface area contributed by atoms with Crippen molar-refractivity contribution < 1.29 is 9.53 Å². The molecule has 1 aromatic carbocycles. The van der Waals surface area contributed by atoms with Gasteiger partial charge in [0.05, 0.1) is 18.4 Å². The number of nitrogens with zero attached hydrogens (tertiary/aromatic N) is 1. The standard InChI is InChI=1S/C11H10N2O3/c1-16-10(14)8-4-2-3-5-9(8)13-7-6-12-11(13)15/h2-7H,1H3,(H,12,15). The van der Waals surface area contributed by atoms with Crippen molar-refractivity contribution in [1.82, 2.24) is 9.55 Å². The largest absolute Gasteiger partial charge is 0.465 e. The Kier molecular flexibility index (Phi) is 2.59. The first-order valence-electron chi connectivity index (χ1n) is 4.68. The lowest BCUT2D eigenvalue weighted by Gasteiger charge is -2.06. The number of ether oxygens (including phenoxy) is 1. The molecule has 0 atom stereocenters. The van der Waals surface area contributed by atoms with Gasteiger partial charge in [-0.3, -0.25) is 4.57 Å². The molecular weight excluding hydrogens is 208 g/mol. The molecule has 0 spiro atoms. The average Bonchev–Trinajstić information content (AvgIpc) is 2.74. The van der Waals surface area contributed by atoms with Crippen LogP contribution < -0.4 is 5.69 Å². The molecule has 0 amide bonds. The summed E-state index contributed by atoms with van der Waals surface area (Å²) in [6.07, 6.45) is 3.07. The summed E-state index contributed by atoms with van der Waals surface area (Å²) in [7, 11) is 1.30. The SMILES string of the molecule is COC(=O)c1ccccc1-n1cc[nH]c1=O. The fourth-order valence-corrected chi connectivity index (χ4v) is 1.48. The van der Waals surface area contributed by atoms with Crippen molar-refractivity contribution in [3.63, 3.8) is 0 Å². The maximum Gasteiger partial charge on any atom is 0.339 e. The second kappa shape index (κ2) is 4.06. The molecule has 0 aliphatic carbocycles. The highest BCUT2D eigenvalue weighted by atomic mass is 16.5. The Labute approximate surface area is 91.3 Å². The van der Waals surface area contributed by atoms with Crippen molar-refractivity contribution in [2.45, 2.75) is 0 Å². The van der Waals surface area contributed by atoms with Crippen molar-refractivity contribution >= 4 is 5.97 Å². The Morgan fingerprint density at radius 1 is 1.38 bits per heavy atom. The van der Waals surface area contributed by atoms with Gasteiger partial charge in [-0.1, -0.05) is 12.1 Å². The molecule has 0 aliphatic heterocycles. The van der Waals surface area contributed by atoms with Crippen LogP contribution in [0.4, 0.5) is 0 Å². The van der Waals surface area contributed by atoms with Crippen LogP contribution in [0.5, 0.6) is 0 Å². The molecule has 2 aromatic rings. The summed E-state index contributed by atoms with van der Waals surface area (Å²) in [5, 5.41) is 0. The third kappa shape index (κ3) is 1.63. The fourth-order valence-electron chi connectivity index (χ4n) is 1.48. The van der Waals surface area contributed by atoms with Crippen molar-refractivity contribution in [3.8, 4) is 5.69 Å². The van der Waals surface area contributed by atoms with Gasteiger partial charge in [0.15, 0.2) is 0 Å². The second-order valence-electron chi connectivity index (χ2n) is 3.14. The normalized spacial score (nSPS) is 10.1. The molecule has 82 valence electrons. The molecule has 0 bridgehead atoms. The van der Waals surface area contributed by atoms with Gasteiger partial charge < -0.3 is 9.72 Å². The third-order valence-electron chi connectivity index (χ3n) is 2.22. The van der Waals surface area contributed by atoms with E-state index in [1.807, 2.05) is 0 Å². The number of nitrogens with one attached hydrogen (secondary N) is 1. The number of imidazole rings is 1. The van der Waals surface area contributed by atoms with E-state index in [1.54, 1.807) is 30.5 Å². The number of hydrogen-bond donors (Lipinski definition) is 1. The number of benzene rings is 1. The Bertz CT molecular complexity index is 568.